The summed E-state index contributed by atoms with van der Waals surface area (Å²) >= 11 is 5.95. The first-order valence-corrected chi connectivity index (χ1v) is 11.1. The molecule has 3 aromatic carbocycles. The summed E-state index contributed by atoms with van der Waals surface area (Å²) in [4.78, 5) is 17.0. The van der Waals surface area contributed by atoms with Crippen molar-refractivity contribution in [2.75, 3.05) is 38.5 Å². The van der Waals surface area contributed by atoms with Crippen LogP contribution in [0.2, 0.25) is 5.02 Å². The maximum atomic E-state index is 12.2. The molecule has 0 aromatic heterocycles. The summed E-state index contributed by atoms with van der Waals surface area (Å²) in [5, 5.41) is 3.56. The molecule has 1 saturated heterocycles. The second-order valence-electron chi connectivity index (χ2n) is 8.06. The van der Waals surface area contributed by atoms with Crippen molar-refractivity contribution in [3.05, 3.63) is 88.9 Å². The van der Waals surface area contributed by atoms with E-state index in [1.54, 1.807) is 0 Å². The van der Waals surface area contributed by atoms with Gasteiger partial charge in [-0.3, -0.25) is 9.69 Å². The van der Waals surface area contributed by atoms with E-state index in [-0.39, 0.29) is 5.91 Å². The molecule has 1 aliphatic heterocycles. The lowest BCUT2D eigenvalue weighted by molar-refractivity contribution is -0.111. The maximum absolute atomic E-state index is 12.2. The monoisotopic (exact) mass is 443 g/mol. The molecule has 3 aromatic rings. The topological polar surface area (TPSA) is 35.6 Å². The number of amides is 1. The first kappa shape index (κ1) is 22.1. The predicted molar refractivity (Wildman–Crippen MR) is 132 cm³/mol. The van der Waals surface area contributed by atoms with Gasteiger partial charge in [0.1, 0.15) is 0 Å². The zero-order valence-electron chi connectivity index (χ0n) is 18.1. The third kappa shape index (κ3) is 6.21. The molecule has 1 N–H and O–H groups in total. The SMILES string of the molecule is CN1CCN(Cc2ccc(NC(=O)C#Cc3ccc(-c4ccc(Cl)cc4)cc3)cc2)CC1. The number of benzene rings is 3. The lowest BCUT2D eigenvalue weighted by Gasteiger charge is -2.32. The number of hydrogen-bond donors (Lipinski definition) is 1. The van der Waals surface area contributed by atoms with Gasteiger partial charge in [0.05, 0.1) is 0 Å². The third-order valence-electron chi connectivity index (χ3n) is 5.60. The maximum Gasteiger partial charge on any atom is 0.300 e. The Hall–Kier alpha value is -3.10. The molecule has 1 aliphatic rings. The summed E-state index contributed by atoms with van der Waals surface area (Å²) in [5.41, 5.74) is 4.96. The van der Waals surface area contributed by atoms with Crippen molar-refractivity contribution >= 4 is 23.2 Å². The number of carbonyl (C=O) groups excluding carboxylic acids is 1. The van der Waals surface area contributed by atoms with Crippen molar-refractivity contribution < 1.29 is 4.79 Å². The molecule has 0 aliphatic carbocycles. The Morgan fingerprint density at radius 1 is 0.875 bits per heavy atom. The van der Waals surface area contributed by atoms with Crippen LogP contribution in [0.25, 0.3) is 11.1 Å². The molecule has 162 valence electrons. The van der Waals surface area contributed by atoms with Crippen molar-refractivity contribution in [3.63, 3.8) is 0 Å². The summed E-state index contributed by atoms with van der Waals surface area (Å²) < 4.78 is 0. The van der Waals surface area contributed by atoms with Gasteiger partial charge < -0.3 is 10.2 Å². The number of piperazine rings is 1. The lowest BCUT2D eigenvalue weighted by atomic mass is 10.0. The van der Waals surface area contributed by atoms with E-state index in [0.717, 1.165) is 55.1 Å². The minimum absolute atomic E-state index is 0.321. The fraction of sp³-hybridized carbons (Fsp3) is 0.222. The Balaban J connectivity index is 1.30. The van der Waals surface area contributed by atoms with Crippen molar-refractivity contribution in [3.8, 4) is 23.0 Å². The number of hydrogen-bond acceptors (Lipinski definition) is 3. The van der Waals surface area contributed by atoms with Crippen LogP contribution in [-0.4, -0.2) is 48.9 Å². The molecule has 4 nitrogen and oxygen atoms in total. The number of nitrogens with one attached hydrogen (secondary N) is 1. The highest BCUT2D eigenvalue weighted by Crippen LogP contribution is 2.21. The van der Waals surface area contributed by atoms with E-state index in [1.165, 1.54) is 5.56 Å². The van der Waals surface area contributed by atoms with Crippen molar-refractivity contribution in [1.29, 1.82) is 0 Å². The number of nitrogens with zero attached hydrogens (tertiary/aromatic N) is 2. The van der Waals surface area contributed by atoms with Crippen LogP contribution < -0.4 is 5.32 Å². The van der Waals surface area contributed by atoms with E-state index < -0.39 is 0 Å². The van der Waals surface area contributed by atoms with Crippen LogP contribution in [0.5, 0.6) is 0 Å². The van der Waals surface area contributed by atoms with Crippen LogP contribution in [0.4, 0.5) is 5.69 Å². The first-order valence-electron chi connectivity index (χ1n) is 10.7. The number of anilines is 1. The van der Waals surface area contributed by atoms with E-state index in [1.807, 2.05) is 60.7 Å². The van der Waals surface area contributed by atoms with Crippen LogP contribution >= 0.6 is 11.6 Å². The van der Waals surface area contributed by atoms with E-state index in [2.05, 4.69) is 46.1 Å². The summed E-state index contributed by atoms with van der Waals surface area (Å²) in [6.07, 6.45) is 0. The van der Waals surface area contributed by atoms with Crippen LogP contribution in [-0.2, 0) is 11.3 Å². The lowest BCUT2D eigenvalue weighted by Crippen LogP contribution is -2.43. The Kier molecular flexibility index (Phi) is 7.24. The molecule has 4 rings (SSSR count). The summed E-state index contributed by atoms with van der Waals surface area (Å²) in [7, 11) is 2.16. The zero-order valence-corrected chi connectivity index (χ0v) is 18.9. The third-order valence-corrected chi connectivity index (χ3v) is 5.85. The second kappa shape index (κ2) is 10.5. The Morgan fingerprint density at radius 3 is 2.09 bits per heavy atom. The zero-order chi connectivity index (χ0) is 22.3. The number of carbonyl (C=O) groups is 1. The Morgan fingerprint density at radius 2 is 1.47 bits per heavy atom. The van der Waals surface area contributed by atoms with E-state index in [4.69, 9.17) is 11.6 Å². The molecule has 1 amide bonds. The van der Waals surface area contributed by atoms with Gasteiger partial charge in [0, 0.05) is 54.9 Å². The summed E-state index contributed by atoms with van der Waals surface area (Å²) in [6, 6.07) is 23.5. The minimum atomic E-state index is -0.321. The quantitative estimate of drug-likeness (QED) is 0.591. The molecule has 0 bridgehead atoms. The van der Waals surface area contributed by atoms with Gasteiger partial charge in [0.25, 0.3) is 0 Å². The van der Waals surface area contributed by atoms with Crippen LogP contribution in [0.15, 0.2) is 72.8 Å². The average molecular weight is 444 g/mol. The van der Waals surface area contributed by atoms with Gasteiger partial charge in [-0.05, 0) is 60.1 Å². The first-order chi connectivity index (χ1) is 15.5. The van der Waals surface area contributed by atoms with Crippen LogP contribution in [0.1, 0.15) is 11.1 Å². The Labute approximate surface area is 194 Å². The minimum Gasteiger partial charge on any atom is -0.315 e. The molecule has 0 spiro atoms. The molecule has 0 saturated carbocycles. The van der Waals surface area contributed by atoms with Gasteiger partial charge in [-0.1, -0.05) is 53.9 Å². The van der Waals surface area contributed by atoms with Gasteiger partial charge >= 0.3 is 5.91 Å². The normalized spacial score (nSPS) is 14.4. The number of likely N-dealkylation sites (N-methyl/N-ethyl adjacent to an activating group) is 1. The van der Waals surface area contributed by atoms with Crippen molar-refractivity contribution in [2.45, 2.75) is 6.54 Å². The fourth-order valence-electron chi connectivity index (χ4n) is 3.64. The number of halogens is 1. The molecule has 5 heteroatoms. The number of rotatable bonds is 4. The largest absolute Gasteiger partial charge is 0.315 e. The highest BCUT2D eigenvalue weighted by Gasteiger charge is 2.13. The molecule has 1 heterocycles. The van der Waals surface area contributed by atoms with Gasteiger partial charge in [0.2, 0.25) is 0 Å². The van der Waals surface area contributed by atoms with Gasteiger partial charge in [-0.25, -0.2) is 0 Å². The molecule has 32 heavy (non-hydrogen) atoms. The van der Waals surface area contributed by atoms with Gasteiger partial charge in [-0.15, -0.1) is 0 Å². The molecule has 0 radical (unpaired) electrons. The summed E-state index contributed by atoms with van der Waals surface area (Å²) in [6.45, 7) is 5.33. The molecule has 0 atom stereocenters. The van der Waals surface area contributed by atoms with Gasteiger partial charge in [-0.2, -0.15) is 0 Å². The molecular weight excluding hydrogens is 418 g/mol. The van der Waals surface area contributed by atoms with Crippen LogP contribution in [0, 0.1) is 11.8 Å². The smallest absolute Gasteiger partial charge is 0.300 e. The molecule has 1 fully saturated rings. The predicted octanol–water partition coefficient (Wildman–Crippen LogP) is 4.74. The van der Waals surface area contributed by atoms with Crippen LogP contribution in [0.3, 0.4) is 0 Å². The highest BCUT2D eigenvalue weighted by atomic mass is 35.5. The second-order valence-corrected chi connectivity index (χ2v) is 8.50. The summed E-state index contributed by atoms with van der Waals surface area (Å²) in [5.74, 6) is 5.28. The van der Waals surface area contributed by atoms with E-state index >= 15 is 0 Å². The average Bonchev–Trinajstić information content (AvgIpc) is 2.81. The fourth-order valence-corrected chi connectivity index (χ4v) is 3.76. The van der Waals surface area contributed by atoms with E-state index in [9.17, 15) is 4.79 Å². The highest BCUT2D eigenvalue weighted by molar-refractivity contribution is 6.30. The van der Waals surface area contributed by atoms with Crippen molar-refractivity contribution in [2.24, 2.45) is 0 Å². The molecule has 0 unspecified atom stereocenters. The Bertz CT molecular complexity index is 1100. The van der Waals surface area contributed by atoms with E-state index in [0.29, 0.717) is 5.02 Å². The van der Waals surface area contributed by atoms with Gasteiger partial charge in [0.15, 0.2) is 0 Å². The standard InChI is InChI=1S/C27H26ClN3O/c1-30-16-18-31(19-17-30)20-22-4-13-26(14-5-22)29-27(32)15-6-21-2-7-23(8-3-21)24-9-11-25(28)12-10-24/h2-5,7-14H,16-20H2,1H3,(H,29,32). The molecular formula is C27H26ClN3O. The van der Waals surface area contributed by atoms with Crippen molar-refractivity contribution in [1.82, 2.24) is 9.80 Å².